The van der Waals surface area contributed by atoms with Crippen LogP contribution in [0.1, 0.15) is 0 Å². The second-order valence-electron chi connectivity index (χ2n) is 10.00. The number of ether oxygens (including phenoxy) is 2. The minimum absolute atomic E-state index is 0.0202. The maximum absolute atomic E-state index is 6.20. The third kappa shape index (κ3) is 2.78. The molecule has 6 aliphatic heterocycles. The normalized spacial score (nSPS) is 46.1. The first-order chi connectivity index (χ1) is 15.6. The lowest BCUT2D eigenvalue weighted by atomic mass is 9.94. The zero-order valence-electron chi connectivity index (χ0n) is 18.3. The van der Waals surface area contributed by atoms with Crippen molar-refractivity contribution in [3.8, 4) is 11.5 Å². The molecule has 32 heavy (non-hydrogen) atoms. The van der Waals surface area contributed by atoms with Crippen LogP contribution in [0.15, 0.2) is 24.3 Å². The molecule has 12 heteroatoms. The van der Waals surface area contributed by atoms with Gasteiger partial charge < -0.3 is 46.2 Å². The molecule has 174 valence electrons. The van der Waals surface area contributed by atoms with Crippen LogP contribution in [-0.2, 0) is 27.9 Å². The van der Waals surface area contributed by atoms with E-state index in [1.165, 1.54) is 0 Å². The summed E-state index contributed by atoms with van der Waals surface area (Å²) in [7, 11) is 0. The molecule has 6 fully saturated rings. The number of benzene rings is 1. The molecule has 10 nitrogen and oxygen atoms in total. The van der Waals surface area contributed by atoms with Gasteiger partial charge in [-0.2, -0.15) is 0 Å². The Morgan fingerprint density at radius 1 is 0.656 bits per heavy atom. The Morgan fingerprint density at radius 2 is 1.03 bits per heavy atom. The zero-order valence-corrected chi connectivity index (χ0v) is 18.3. The lowest BCUT2D eigenvalue weighted by Crippen LogP contribution is -2.59. The van der Waals surface area contributed by atoms with E-state index in [4.69, 9.17) is 37.4 Å². The number of hydrogen-bond donors (Lipinski definition) is 0. The van der Waals surface area contributed by atoms with Gasteiger partial charge in [0.2, 0.25) is 0 Å². The third-order valence-electron chi connectivity index (χ3n) is 8.36. The molecule has 7 rings (SSSR count). The van der Waals surface area contributed by atoms with Crippen LogP contribution in [0.2, 0.25) is 0 Å². The van der Waals surface area contributed by atoms with Crippen molar-refractivity contribution in [1.82, 2.24) is 0 Å². The monoisotopic (exact) mass is 448 g/mol. The number of nitrogens with zero attached hydrogens (tertiary/aromatic N) is 2. The summed E-state index contributed by atoms with van der Waals surface area (Å²) < 4.78 is 49.5. The Labute approximate surface area is 187 Å². The Bertz CT molecular complexity index is 758. The molecule has 0 bridgehead atoms. The van der Waals surface area contributed by atoms with E-state index in [1.54, 1.807) is 0 Å². The lowest BCUT2D eigenvalue weighted by molar-refractivity contribution is -0.816. The molecule has 6 saturated heterocycles. The maximum atomic E-state index is 6.20. The molecule has 0 spiro atoms. The first-order valence-electron chi connectivity index (χ1n) is 11.9. The number of quaternary nitrogens is 2. The number of hydrogen-bond acceptors (Lipinski definition) is 8. The van der Waals surface area contributed by atoms with Gasteiger partial charge in [0.25, 0.3) is 0 Å². The van der Waals surface area contributed by atoms with Crippen LogP contribution >= 0.6 is 0 Å². The molecule has 6 aliphatic rings. The van der Waals surface area contributed by atoms with Gasteiger partial charge in [-0.05, 0) is 24.3 Å². The molecule has 1 aromatic rings. The van der Waals surface area contributed by atoms with E-state index in [1.807, 2.05) is 24.3 Å². The first-order valence-corrected chi connectivity index (χ1v) is 11.9. The summed E-state index contributed by atoms with van der Waals surface area (Å²) in [6.07, 6.45) is -0.0405. The first kappa shape index (κ1) is 20.0. The molecular formula is C20H30B2N2O8. The van der Waals surface area contributed by atoms with E-state index in [2.05, 4.69) is 0 Å². The summed E-state index contributed by atoms with van der Waals surface area (Å²) in [5.74, 6) is 1.58. The van der Waals surface area contributed by atoms with E-state index in [0.29, 0.717) is 39.6 Å². The van der Waals surface area contributed by atoms with Crippen molar-refractivity contribution in [2.45, 2.75) is 12.2 Å². The van der Waals surface area contributed by atoms with Crippen LogP contribution in [0.5, 0.6) is 11.5 Å². The van der Waals surface area contributed by atoms with E-state index in [0.717, 1.165) is 59.6 Å². The Kier molecular flexibility index (Phi) is 4.43. The zero-order chi connectivity index (χ0) is 21.3. The third-order valence-corrected chi connectivity index (χ3v) is 8.36. The smallest absolute Gasteiger partial charge is 0.491 e. The second-order valence-corrected chi connectivity index (χ2v) is 10.00. The standard InChI is InChI=1S/C20H30B2N2O8/c1-2-18(26-16-20-14-24-7-11-29-22(24,32-20)30-12-8-24)4-3-17(1)25-15-19-13-23-5-9-27-21(23,31-19)28-10-6-23/h1-4,19-20H,5-16H2/t19-,20+,21?,22?,23?,24?. The number of rotatable bonds is 6. The molecule has 0 amide bonds. The van der Waals surface area contributed by atoms with Crippen molar-refractivity contribution in [2.75, 3.05) is 78.9 Å². The van der Waals surface area contributed by atoms with Crippen molar-refractivity contribution in [3.63, 3.8) is 0 Å². The van der Waals surface area contributed by atoms with Gasteiger partial charge in [-0.15, -0.1) is 0 Å². The molecule has 2 atom stereocenters. The van der Waals surface area contributed by atoms with Crippen LogP contribution in [0.3, 0.4) is 0 Å². The predicted molar refractivity (Wildman–Crippen MR) is 112 cm³/mol. The van der Waals surface area contributed by atoms with Crippen molar-refractivity contribution in [3.05, 3.63) is 24.3 Å². The van der Waals surface area contributed by atoms with Crippen LogP contribution < -0.4 is 9.47 Å². The van der Waals surface area contributed by atoms with Crippen LogP contribution in [0.25, 0.3) is 0 Å². The summed E-state index contributed by atoms with van der Waals surface area (Å²) in [5, 5.41) is 0. The van der Waals surface area contributed by atoms with Crippen molar-refractivity contribution in [2.24, 2.45) is 0 Å². The minimum Gasteiger partial charge on any atom is -0.491 e. The molecule has 0 unspecified atom stereocenters. The molecule has 0 aromatic heterocycles. The Balaban J connectivity index is 0.913. The Hall–Kier alpha value is -1.37. The summed E-state index contributed by atoms with van der Waals surface area (Å²) in [6, 6.07) is 7.71. The van der Waals surface area contributed by atoms with Crippen molar-refractivity contribution < 1.29 is 46.2 Å². The highest BCUT2D eigenvalue weighted by Crippen LogP contribution is 2.42. The summed E-state index contributed by atoms with van der Waals surface area (Å²) in [6.45, 7) is 6.20. The van der Waals surface area contributed by atoms with E-state index in [9.17, 15) is 0 Å². The van der Waals surface area contributed by atoms with Gasteiger partial charge in [-0.3, -0.25) is 0 Å². The SMILES string of the molecule is c1cc(OC[C@H]2C[N+]34CCO[B-]3(OCC4)O2)ccc1OC[C@@H]1C[N+]23CCO[B-]2(OCC3)O1. The average Bonchev–Trinajstić information content (AvgIpc) is 3.52. The van der Waals surface area contributed by atoms with Gasteiger partial charge in [-0.1, -0.05) is 0 Å². The second kappa shape index (κ2) is 7.07. The van der Waals surface area contributed by atoms with E-state index >= 15 is 0 Å². The minimum atomic E-state index is -1.63. The van der Waals surface area contributed by atoms with Crippen molar-refractivity contribution >= 4 is 13.8 Å². The van der Waals surface area contributed by atoms with Gasteiger partial charge in [0, 0.05) is 0 Å². The van der Waals surface area contributed by atoms with Gasteiger partial charge in [-0.25, -0.2) is 0 Å². The van der Waals surface area contributed by atoms with E-state index in [-0.39, 0.29) is 12.2 Å². The van der Waals surface area contributed by atoms with Crippen LogP contribution in [0.4, 0.5) is 0 Å². The maximum Gasteiger partial charge on any atom is 0.625 e. The summed E-state index contributed by atoms with van der Waals surface area (Å²) in [4.78, 5) is 0. The topological polar surface area (TPSA) is 73.8 Å². The highest BCUT2D eigenvalue weighted by atomic mass is 16.8. The fourth-order valence-corrected chi connectivity index (χ4v) is 6.74. The lowest BCUT2D eigenvalue weighted by Gasteiger charge is -2.37. The molecule has 0 radical (unpaired) electrons. The van der Waals surface area contributed by atoms with E-state index < -0.39 is 13.8 Å². The highest BCUT2D eigenvalue weighted by molar-refractivity contribution is 6.54. The Morgan fingerprint density at radius 3 is 1.38 bits per heavy atom. The summed E-state index contributed by atoms with van der Waals surface area (Å²) in [5.41, 5.74) is 0. The average molecular weight is 448 g/mol. The van der Waals surface area contributed by atoms with Gasteiger partial charge in [0.1, 0.15) is 36.9 Å². The largest absolute Gasteiger partial charge is 0.625 e. The van der Waals surface area contributed by atoms with Crippen LogP contribution in [-0.4, -0.2) is 114 Å². The molecule has 6 heterocycles. The van der Waals surface area contributed by atoms with Gasteiger partial charge >= 0.3 is 13.8 Å². The summed E-state index contributed by atoms with van der Waals surface area (Å²) >= 11 is 0. The fourth-order valence-electron chi connectivity index (χ4n) is 6.74. The molecular weight excluding hydrogens is 418 g/mol. The quantitative estimate of drug-likeness (QED) is 0.558. The predicted octanol–water partition coefficient (Wildman–Crippen LogP) is -0.133. The van der Waals surface area contributed by atoms with Crippen molar-refractivity contribution in [1.29, 1.82) is 0 Å². The fraction of sp³-hybridized carbons (Fsp3) is 0.700. The van der Waals surface area contributed by atoms with Gasteiger partial charge in [0.15, 0.2) is 0 Å². The van der Waals surface area contributed by atoms with Gasteiger partial charge in [0.05, 0.1) is 65.7 Å². The molecule has 0 aliphatic carbocycles. The molecule has 0 saturated carbocycles. The molecule has 0 N–H and O–H groups in total. The van der Waals surface area contributed by atoms with Crippen LogP contribution in [0, 0.1) is 0 Å². The highest BCUT2D eigenvalue weighted by Gasteiger charge is 2.67. The molecule has 1 aromatic carbocycles.